The van der Waals surface area contributed by atoms with Gasteiger partial charge in [-0.3, -0.25) is 0 Å². The van der Waals surface area contributed by atoms with Crippen molar-refractivity contribution in [2.24, 2.45) is 0 Å². The van der Waals surface area contributed by atoms with E-state index in [0.29, 0.717) is 0 Å². The van der Waals surface area contributed by atoms with Gasteiger partial charge in [0.05, 0.1) is 0 Å². The molecular weight excluding hydrogens is 344 g/mol. The first-order chi connectivity index (χ1) is 13.8. The van der Waals surface area contributed by atoms with Crippen LogP contribution in [0.3, 0.4) is 0 Å². The normalized spacial score (nSPS) is 10.4. The minimum absolute atomic E-state index is 0.516. The first-order valence-corrected chi connectivity index (χ1v) is 9.31. The highest BCUT2D eigenvalue weighted by atomic mass is 16.3. The van der Waals surface area contributed by atoms with Crippen molar-refractivity contribution in [1.29, 1.82) is 0 Å². The van der Waals surface area contributed by atoms with Gasteiger partial charge in [-0.15, -0.1) is 0 Å². The van der Waals surface area contributed by atoms with Crippen LogP contribution in [0.5, 0.6) is 0 Å². The topological polar surface area (TPSA) is 40.5 Å². The molecule has 0 aliphatic rings. The predicted molar refractivity (Wildman–Crippen MR) is 114 cm³/mol. The molecule has 0 aliphatic heterocycles. The Hall–Kier alpha value is -3.20. The van der Waals surface area contributed by atoms with Gasteiger partial charge in [0, 0.05) is 0 Å². The Morgan fingerprint density at radius 1 is 0.321 bits per heavy atom. The largest absolute Gasteiger partial charge is 0.384 e. The Morgan fingerprint density at radius 3 is 0.679 bits per heavy atom. The molecule has 0 aromatic heterocycles. The lowest BCUT2D eigenvalue weighted by atomic mass is 10.0. The van der Waals surface area contributed by atoms with Gasteiger partial charge in [0.15, 0.2) is 0 Å². The van der Waals surface area contributed by atoms with Crippen LogP contribution in [-0.4, -0.2) is 10.2 Å². The third-order valence-corrected chi connectivity index (χ3v) is 4.46. The molecule has 140 valence electrons. The summed E-state index contributed by atoms with van der Waals surface area (Å²) < 4.78 is 0. The zero-order chi connectivity index (χ0) is 19.6. The fourth-order valence-electron chi connectivity index (χ4n) is 2.93. The molecule has 4 rings (SSSR count). The van der Waals surface area contributed by atoms with Crippen LogP contribution in [0.25, 0.3) is 0 Å². The summed E-state index contributed by atoms with van der Waals surface area (Å²) >= 11 is 0. The van der Waals surface area contributed by atoms with E-state index in [9.17, 15) is 10.2 Å². The van der Waals surface area contributed by atoms with Crippen molar-refractivity contribution in [2.45, 2.75) is 12.2 Å². The lowest BCUT2D eigenvalue weighted by Crippen LogP contribution is -1.98. The highest BCUT2D eigenvalue weighted by molar-refractivity contribution is 5.30. The molecule has 28 heavy (non-hydrogen) atoms. The van der Waals surface area contributed by atoms with E-state index in [-0.39, 0.29) is 0 Å². The van der Waals surface area contributed by atoms with E-state index in [1.165, 1.54) is 0 Å². The third-order valence-electron chi connectivity index (χ3n) is 4.46. The summed E-state index contributed by atoms with van der Waals surface area (Å²) in [4.78, 5) is 0. The summed E-state index contributed by atoms with van der Waals surface area (Å²) in [6, 6.07) is 38.7. The molecule has 2 heteroatoms. The predicted octanol–water partition coefficient (Wildman–Crippen LogP) is 5.54. The van der Waals surface area contributed by atoms with E-state index in [2.05, 4.69) is 0 Å². The molecule has 0 atom stereocenters. The molecule has 0 radical (unpaired) electrons. The summed E-state index contributed by atoms with van der Waals surface area (Å²) in [5.41, 5.74) is 3.72. The van der Waals surface area contributed by atoms with Gasteiger partial charge in [-0.1, -0.05) is 121 Å². The van der Waals surface area contributed by atoms with E-state index in [0.717, 1.165) is 22.3 Å². The van der Waals surface area contributed by atoms with Crippen LogP contribution < -0.4 is 0 Å². The molecule has 0 saturated carbocycles. The maximum absolute atomic E-state index is 9.99. The van der Waals surface area contributed by atoms with Crippen molar-refractivity contribution < 1.29 is 10.2 Å². The van der Waals surface area contributed by atoms with Gasteiger partial charge in [-0.05, 0) is 22.3 Å². The number of aliphatic hydroxyl groups is 2. The van der Waals surface area contributed by atoms with Crippen LogP contribution in [0.15, 0.2) is 121 Å². The third kappa shape index (κ3) is 5.40. The summed E-state index contributed by atoms with van der Waals surface area (Å²) in [6.45, 7) is 0. The molecule has 0 fully saturated rings. The molecule has 0 spiro atoms. The fraction of sp³-hybridized carbons (Fsp3) is 0.0769. The van der Waals surface area contributed by atoms with Crippen molar-refractivity contribution in [3.05, 3.63) is 144 Å². The second-order valence-corrected chi connectivity index (χ2v) is 6.45. The minimum atomic E-state index is -0.516. The standard InChI is InChI=1S/2C13H12O/c2*14-13(11-7-3-1-4-8-11)12-9-5-2-6-10-12/h2*1-10,13-14H. The maximum atomic E-state index is 9.99. The number of hydrogen-bond acceptors (Lipinski definition) is 2. The minimum Gasteiger partial charge on any atom is -0.384 e. The zero-order valence-electron chi connectivity index (χ0n) is 15.6. The lowest BCUT2D eigenvalue weighted by Gasteiger charge is -2.10. The second-order valence-electron chi connectivity index (χ2n) is 6.45. The quantitative estimate of drug-likeness (QED) is 0.497. The van der Waals surface area contributed by atoms with Crippen LogP contribution in [-0.2, 0) is 0 Å². The Labute approximate surface area is 166 Å². The molecule has 0 saturated heterocycles. The first-order valence-electron chi connectivity index (χ1n) is 9.31. The summed E-state index contributed by atoms with van der Waals surface area (Å²) in [5.74, 6) is 0. The number of benzene rings is 4. The molecule has 4 aromatic carbocycles. The fourth-order valence-corrected chi connectivity index (χ4v) is 2.93. The molecule has 2 nitrogen and oxygen atoms in total. The Balaban J connectivity index is 0.000000161. The second kappa shape index (κ2) is 10.2. The summed E-state index contributed by atoms with van der Waals surface area (Å²) in [5, 5.41) is 20.0. The zero-order valence-corrected chi connectivity index (χ0v) is 15.6. The van der Waals surface area contributed by atoms with E-state index in [1.54, 1.807) is 0 Å². The van der Waals surface area contributed by atoms with E-state index < -0.39 is 12.2 Å². The van der Waals surface area contributed by atoms with Crippen molar-refractivity contribution in [3.8, 4) is 0 Å². The van der Waals surface area contributed by atoms with Gasteiger partial charge in [0.1, 0.15) is 12.2 Å². The molecule has 0 unspecified atom stereocenters. The van der Waals surface area contributed by atoms with Gasteiger partial charge >= 0.3 is 0 Å². The van der Waals surface area contributed by atoms with Gasteiger partial charge in [0.25, 0.3) is 0 Å². The SMILES string of the molecule is OC(c1ccccc1)c1ccccc1.OC(c1ccccc1)c1ccccc1. The molecule has 2 N–H and O–H groups in total. The average Bonchev–Trinajstić information content (AvgIpc) is 2.81. The average molecular weight is 368 g/mol. The van der Waals surface area contributed by atoms with Gasteiger partial charge in [-0.25, -0.2) is 0 Å². The molecular formula is C26H24O2. The molecule has 0 aliphatic carbocycles. The number of rotatable bonds is 4. The Morgan fingerprint density at radius 2 is 0.500 bits per heavy atom. The highest BCUT2D eigenvalue weighted by Gasteiger charge is 2.08. The van der Waals surface area contributed by atoms with Crippen LogP contribution >= 0.6 is 0 Å². The van der Waals surface area contributed by atoms with E-state index >= 15 is 0 Å². The maximum Gasteiger partial charge on any atom is 0.104 e. The lowest BCUT2D eigenvalue weighted by molar-refractivity contribution is 0.220. The summed E-state index contributed by atoms with van der Waals surface area (Å²) in [6.07, 6.45) is -1.03. The van der Waals surface area contributed by atoms with Crippen LogP contribution in [0, 0.1) is 0 Å². The van der Waals surface area contributed by atoms with Gasteiger partial charge < -0.3 is 10.2 Å². The van der Waals surface area contributed by atoms with E-state index in [4.69, 9.17) is 0 Å². The van der Waals surface area contributed by atoms with Gasteiger partial charge in [0.2, 0.25) is 0 Å². The van der Waals surface area contributed by atoms with Gasteiger partial charge in [-0.2, -0.15) is 0 Å². The van der Waals surface area contributed by atoms with E-state index in [1.807, 2.05) is 121 Å². The van der Waals surface area contributed by atoms with Crippen LogP contribution in [0.4, 0.5) is 0 Å². The van der Waals surface area contributed by atoms with Crippen molar-refractivity contribution >= 4 is 0 Å². The van der Waals surface area contributed by atoms with Crippen molar-refractivity contribution in [3.63, 3.8) is 0 Å². The first kappa shape index (κ1) is 19.6. The Kier molecular flexibility index (Phi) is 7.14. The molecule has 0 heterocycles. The van der Waals surface area contributed by atoms with Crippen LogP contribution in [0.1, 0.15) is 34.5 Å². The molecule has 4 aromatic rings. The van der Waals surface area contributed by atoms with Crippen molar-refractivity contribution in [1.82, 2.24) is 0 Å². The highest BCUT2D eigenvalue weighted by Crippen LogP contribution is 2.21. The molecule has 0 amide bonds. The van der Waals surface area contributed by atoms with Crippen LogP contribution in [0.2, 0.25) is 0 Å². The number of hydrogen-bond donors (Lipinski definition) is 2. The van der Waals surface area contributed by atoms with Crippen molar-refractivity contribution in [2.75, 3.05) is 0 Å². The summed E-state index contributed by atoms with van der Waals surface area (Å²) in [7, 11) is 0. The monoisotopic (exact) mass is 368 g/mol. The smallest absolute Gasteiger partial charge is 0.104 e. The Bertz CT molecular complexity index is 763. The molecule has 0 bridgehead atoms. The number of aliphatic hydroxyl groups excluding tert-OH is 2.